The van der Waals surface area contributed by atoms with Crippen LogP contribution in [-0.2, 0) is 6.54 Å². The molecule has 0 saturated carbocycles. The Morgan fingerprint density at radius 2 is 2.04 bits per heavy atom. The van der Waals surface area contributed by atoms with E-state index in [0.29, 0.717) is 12.6 Å². The highest BCUT2D eigenvalue weighted by Gasteiger charge is 2.25. The van der Waals surface area contributed by atoms with Crippen molar-refractivity contribution >= 4 is 5.91 Å². The topological polar surface area (TPSA) is 56.0 Å². The van der Waals surface area contributed by atoms with Gasteiger partial charge in [0.1, 0.15) is 0 Å². The maximum Gasteiger partial charge on any atom is 0.253 e. The summed E-state index contributed by atoms with van der Waals surface area (Å²) in [7, 11) is 0. The van der Waals surface area contributed by atoms with Gasteiger partial charge in [-0.05, 0) is 36.6 Å². The molecule has 2 aromatic heterocycles. The zero-order valence-corrected chi connectivity index (χ0v) is 14.0. The Hall–Kier alpha value is -2.89. The molecular weight excluding hydrogens is 314 g/mol. The van der Waals surface area contributed by atoms with Crippen LogP contribution in [0.25, 0.3) is 0 Å². The fourth-order valence-electron chi connectivity index (χ4n) is 3.38. The van der Waals surface area contributed by atoms with Crippen LogP contribution in [0, 0.1) is 0 Å². The summed E-state index contributed by atoms with van der Waals surface area (Å²) in [6.45, 7) is 2.27. The largest absolute Gasteiger partial charge is 0.337 e. The molecule has 0 spiro atoms. The first-order chi connectivity index (χ1) is 12.3. The zero-order valence-electron chi connectivity index (χ0n) is 14.0. The quantitative estimate of drug-likeness (QED) is 0.736. The van der Waals surface area contributed by atoms with Gasteiger partial charge in [-0.2, -0.15) is 5.10 Å². The molecule has 0 aliphatic carbocycles. The molecule has 3 heterocycles. The molecule has 1 aliphatic heterocycles. The van der Waals surface area contributed by atoms with Gasteiger partial charge in [0.15, 0.2) is 0 Å². The first kappa shape index (κ1) is 15.6. The second-order valence-corrected chi connectivity index (χ2v) is 6.46. The molecule has 1 aromatic carbocycles. The van der Waals surface area contributed by atoms with Crippen molar-refractivity contribution in [2.45, 2.75) is 25.4 Å². The van der Waals surface area contributed by atoms with Gasteiger partial charge in [-0.3, -0.25) is 9.48 Å². The smallest absolute Gasteiger partial charge is 0.253 e. The van der Waals surface area contributed by atoms with E-state index in [4.69, 9.17) is 0 Å². The average Bonchev–Trinajstić information content (AvgIpc) is 3.36. The number of nitrogens with zero attached hydrogens (tertiary/aromatic N) is 5. The Bertz CT molecular complexity index is 808. The Kier molecular flexibility index (Phi) is 4.33. The van der Waals surface area contributed by atoms with Crippen molar-refractivity contribution in [2.24, 2.45) is 0 Å². The van der Waals surface area contributed by atoms with Gasteiger partial charge < -0.3 is 9.47 Å². The molecule has 1 aliphatic rings. The highest BCUT2D eigenvalue weighted by Crippen LogP contribution is 2.22. The highest BCUT2D eigenvalue weighted by atomic mass is 16.2. The summed E-state index contributed by atoms with van der Waals surface area (Å²) < 4.78 is 3.98. The maximum absolute atomic E-state index is 12.8. The second kappa shape index (κ2) is 6.93. The summed E-state index contributed by atoms with van der Waals surface area (Å²) in [6, 6.07) is 10.1. The third-order valence-corrected chi connectivity index (χ3v) is 4.73. The lowest BCUT2D eigenvalue weighted by molar-refractivity contribution is 0.0679. The molecule has 3 aromatic rings. The molecular formula is C19H21N5O. The number of benzene rings is 1. The lowest BCUT2D eigenvalue weighted by Crippen LogP contribution is -2.40. The van der Waals surface area contributed by atoms with Crippen molar-refractivity contribution in [1.29, 1.82) is 0 Å². The van der Waals surface area contributed by atoms with Crippen molar-refractivity contribution in [3.8, 4) is 0 Å². The Labute approximate surface area is 146 Å². The van der Waals surface area contributed by atoms with Gasteiger partial charge >= 0.3 is 0 Å². The minimum atomic E-state index is 0.107. The predicted molar refractivity (Wildman–Crippen MR) is 94.2 cm³/mol. The van der Waals surface area contributed by atoms with E-state index < -0.39 is 0 Å². The van der Waals surface area contributed by atoms with E-state index in [2.05, 4.69) is 14.6 Å². The number of hydrogen-bond donors (Lipinski definition) is 0. The van der Waals surface area contributed by atoms with Gasteiger partial charge in [-0.25, -0.2) is 4.98 Å². The second-order valence-electron chi connectivity index (χ2n) is 6.46. The fourth-order valence-corrected chi connectivity index (χ4v) is 3.38. The lowest BCUT2D eigenvalue weighted by Gasteiger charge is -2.33. The first-order valence-electron chi connectivity index (χ1n) is 8.63. The Balaban J connectivity index is 1.43. The molecule has 1 unspecified atom stereocenters. The molecule has 0 bridgehead atoms. The van der Waals surface area contributed by atoms with E-state index in [0.717, 1.165) is 37.1 Å². The summed E-state index contributed by atoms with van der Waals surface area (Å²) >= 11 is 0. The van der Waals surface area contributed by atoms with Crippen molar-refractivity contribution in [3.05, 3.63) is 72.6 Å². The lowest BCUT2D eigenvalue weighted by atomic mass is 10.0. The van der Waals surface area contributed by atoms with Crippen molar-refractivity contribution in [3.63, 3.8) is 0 Å². The Morgan fingerprint density at radius 1 is 1.16 bits per heavy atom. The number of carbonyl (C=O) groups excluding carboxylic acids is 1. The van der Waals surface area contributed by atoms with Crippen LogP contribution in [0.5, 0.6) is 0 Å². The third-order valence-electron chi connectivity index (χ3n) is 4.73. The minimum absolute atomic E-state index is 0.107. The molecule has 25 heavy (non-hydrogen) atoms. The predicted octanol–water partition coefficient (Wildman–Crippen LogP) is 2.61. The van der Waals surface area contributed by atoms with Gasteiger partial charge in [0.05, 0.1) is 18.9 Å². The number of aromatic nitrogens is 4. The van der Waals surface area contributed by atoms with E-state index >= 15 is 0 Å². The zero-order chi connectivity index (χ0) is 17.1. The molecule has 6 heteroatoms. The van der Waals surface area contributed by atoms with Crippen LogP contribution in [0.3, 0.4) is 0 Å². The molecule has 0 N–H and O–H groups in total. The fraction of sp³-hybridized carbons (Fsp3) is 0.316. The summed E-state index contributed by atoms with van der Waals surface area (Å²) in [5.41, 5.74) is 1.88. The van der Waals surface area contributed by atoms with Crippen LogP contribution in [0.1, 0.15) is 34.8 Å². The number of piperidine rings is 1. The summed E-state index contributed by atoms with van der Waals surface area (Å²) in [5, 5.41) is 4.21. The van der Waals surface area contributed by atoms with E-state index in [1.54, 1.807) is 12.4 Å². The van der Waals surface area contributed by atoms with E-state index in [-0.39, 0.29) is 5.91 Å². The van der Waals surface area contributed by atoms with Gasteiger partial charge in [-0.15, -0.1) is 0 Å². The van der Waals surface area contributed by atoms with Gasteiger partial charge in [-0.1, -0.05) is 12.1 Å². The summed E-state index contributed by atoms with van der Waals surface area (Å²) in [6.07, 6.45) is 11.4. The molecule has 0 radical (unpaired) electrons. The molecule has 4 rings (SSSR count). The summed E-state index contributed by atoms with van der Waals surface area (Å²) in [5.74, 6) is 0.107. The number of hydrogen-bond acceptors (Lipinski definition) is 3. The maximum atomic E-state index is 12.8. The van der Waals surface area contributed by atoms with Crippen LogP contribution in [0.2, 0.25) is 0 Å². The molecule has 6 nitrogen and oxygen atoms in total. The van der Waals surface area contributed by atoms with E-state index in [1.807, 2.05) is 58.6 Å². The Morgan fingerprint density at radius 3 is 2.76 bits per heavy atom. The van der Waals surface area contributed by atoms with Crippen LogP contribution in [0.15, 0.2) is 61.4 Å². The summed E-state index contributed by atoms with van der Waals surface area (Å²) in [4.78, 5) is 18.9. The van der Waals surface area contributed by atoms with Gasteiger partial charge in [0.2, 0.25) is 0 Å². The molecule has 1 amide bonds. The van der Waals surface area contributed by atoms with E-state index in [1.165, 1.54) is 0 Å². The van der Waals surface area contributed by atoms with Gasteiger partial charge in [0.25, 0.3) is 5.91 Å². The standard InChI is InChI=1S/C19H21N5O/c25-19(22-10-1-3-18(14-22)23-12-9-20-15-23)17-6-4-16(5-7-17)13-24-11-2-8-21-24/h2,4-9,11-12,15,18H,1,3,10,13-14H2. The van der Waals surface area contributed by atoms with Crippen LogP contribution >= 0.6 is 0 Å². The van der Waals surface area contributed by atoms with E-state index in [9.17, 15) is 4.79 Å². The average molecular weight is 335 g/mol. The number of likely N-dealkylation sites (tertiary alicyclic amines) is 1. The van der Waals surface area contributed by atoms with Crippen molar-refractivity contribution in [2.75, 3.05) is 13.1 Å². The molecule has 1 saturated heterocycles. The number of imidazole rings is 1. The number of carbonyl (C=O) groups is 1. The van der Waals surface area contributed by atoms with Crippen molar-refractivity contribution < 1.29 is 4.79 Å². The van der Waals surface area contributed by atoms with Crippen LogP contribution in [0.4, 0.5) is 0 Å². The first-order valence-corrected chi connectivity index (χ1v) is 8.63. The monoisotopic (exact) mass is 335 g/mol. The minimum Gasteiger partial charge on any atom is -0.337 e. The number of amides is 1. The third kappa shape index (κ3) is 3.47. The molecule has 1 atom stereocenters. The molecule has 128 valence electrons. The van der Waals surface area contributed by atoms with Crippen molar-refractivity contribution in [1.82, 2.24) is 24.2 Å². The van der Waals surface area contributed by atoms with Crippen LogP contribution < -0.4 is 0 Å². The van der Waals surface area contributed by atoms with Crippen LogP contribution in [-0.4, -0.2) is 43.2 Å². The molecule has 1 fully saturated rings. The van der Waals surface area contributed by atoms with Gasteiger partial charge in [0, 0.05) is 43.4 Å². The normalized spacial score (nSPS) is 17.6. The highest BCUT2D eigenvalue weighted by molar-refractivity contribution is 5.94. The number of rotatable bonds is 4. The SMILES string of the molecule is O=C(c1ccc(Cn2cccn2)cc1)N1CCCC(n2ccnc2)C1.